The maximum atomic E-state index is 6.08. The fourth-order valence-corrected chi connectivity index (χ4v) is 2.28. The summed E-state index contributed by atoms with van der Waals surface area (Å²) < 4.78 is 5.53. The van der Waals surface area contributed by atoms with E-state index in [4.69, 9.17) is 16.3 Å². The molecule has 1 aliphatic rings. The summed E-state index contributed by atoms with van der Waals surface area (Å²) >= 11 is 6.08. The van der Waals surface area contributed by atoms with Crippen molar-refractivity contribution in [2.75, 3.05) is 13.2 Å². The first-order chi connectivity index (χ1) is 7.77. The maximum Gasteiger partial charge on any atom is 0.0588 e. The first-order valence-corrected chi connectivity index (χ1v) is 6.21. The number of ether oxygens (including phenoxy) is 1. The van der Waals surface area contributed by atoms with E-state index >= 15 is 0 Å². The van der Waals surface area contributed by atoms with Crippen LogP contribution in [0.25, 0.3) is 0 Å². The molecule has 1 saturated heterocycles. The van der Waals surface area contributed by atoms with E-state index < -0.39 is 0 Å². The van der Waals surface area contributed by atoms with Crippen molar-refractivity contribution in [3.63, 3.8) is 0 Å². The second-order valence-corrected chi connectivity index (χ2v) is 4.75. The van der Waals surface area contributed by atoms with Gasteiger partial charge in [0.05, 0.1) is 6.10 Å². The molecule has 1 fully saturated rings. The van der Waals surface area contributed by atoms with Crippen LogP contribution in [0.4, 0.5) is 0 Å². The number of rotatable bonds is 4. The third kappa shape index (κ3) is 2.97. The Morgan fingerprint density at radius 1 is 1.44 bits per heavy atom. The van der Waals surface area contributed by atoms with Crippen LogP contribution >= 0.6 is 11.6 Å². The molecule has 1 heterocycles. The zero-order valence-electron chi connectivity index (χ0n) is 9.58. The predicted octanol–water partition coefficient (Wildman–Crippen LogP) is 2.85. The Kier molecular flexibility index (Phi) is 4.22. The quantitative estimate of drug-likeness (QED) is 0.873. The van der Waals surface area contributed by atoms with E-state index in [1.807, 2.05) is 18.2 Å². The molecule has 3 heteroatoms. The molecule has 1 N–H and O–H groups in total. The van der Waals surface area contributed by atoms with Crippen molar-refractivity contribution < 1.29 is 4.74 Å². The Labute approximate surface area is 102 Å². The molecule has 0 radical (unpaired) electrons. The van der Waals surface area contributed by atoms with E-state index in [1.54, 1.807) is 0 Å². The molecule has 1 aromatic rings. The van der Waals surface area contributed by atoms with Crippen LogP contribution in [0.1, 0.15) is 18.9 Å². The Balaban J connectivity index is 1.78. The molecule has 1 aromatic carbocycles. The third-order valence-electron chi connectivity index (χ3n) is 3.21. The lowest BCUT2D eigenvalue weighted by Gasteiger charge is -2.15. The molecule has 0 aliphatic carbocycles. The summed E-state index contributed by atoms with van der Waals surface area (Å²) in [4.78, 5) is 0. The van der Waals surface area contributed by atoms with Gasteiger partial charge in [-0.05, 0) is 30.9 Å². The van der Waals surface area contributed by atoms with E-state index in [-0.39, 0.29) is 0 Å². The van der Waals surface area contributed by atoms with Crippen LogP contribution in [-0.2, 0) is 11.3 Å². The Hall–Kier alpha value is -0.570. The Bertz CT molecular complexity index is 342. The van der Waals surface area contributed by atoms with E-state index in [9.17, 15) is 0 Å². The van der Waals surface area contributed by atoms with Gasteiger partial charge in [-0.3, -0.25) is 0 Å². The van der Waals surface area contributed by atoms with Crippen LogP contribution in [0.15, 0.2) is 24.3 Å². The normalized spacial score (nSPS) is 24.9. The first-order valence-electron chi connectivity index (χ1n) is 5.83. The van der Waals surface area contributed by atoms with Crippen LogP contribution in [0.5, 0.6) is 0 Å². The molecule has 2 unspecified atom stereocenters. The summed E-state index contributed by atoms with van der Waals surface area (Å²) in [5.74, 6) is 0.641. The fourth-order valence-electron chi connectivity index (χ4n) is 2.08. The van der Waals surface area contributed by atoms with Gasteiger partial charge in [0.1, 0.15) is 0 Å². The van der Waals surface area contributed by atoms with Gasteiger partial charge in [0, 0.05) is 24.7 Å². The van der Waals surface area contributed by atoms with Gasteiger partial charge in [0.2, 0.25) is 0 Å². The van der Waals surface area contributed by atoms with Crippen molar-refractivity contribution in [1.82, 2.24) is 5.32 Å². The Morgan fingerprint density at radius 3 is 2.94 bits per heavy atom. The molecule has 2 nitrogen and oxygen atoms in total. The summed E-state index contributed by atoms with van der Waals surface area (Å²) in [6, 6.07) is 7.96. The van der Waals surface area contributed by atoms with Crippen LogP contribution in [0, 0.1) is 5.92 Å². The highest BCUT2D eigenvalue weighted by Crippen LogP contribution is 2.20. The highest BCUT2D eigenvalue weighted by atomic mass is 35.5. The van der Waals surface area contributed by atoms with Crippen molar-refractivity contribution in [2.24, 2.45) is 5.92 Å². The van der Waals surface area contributed by atoms with E-state index in [0.717, 1.165) is 36.7 Å². The van der Waals surface area contributed by atoms with E-state index in [0.29, 0.717) is 12.0 Å². The van der Waals surface area contributed by atoms with E-state index in [2.05, 4.69) is 18.3 Å². The average molecular weight is 240 g/mol. The summed E-state index contributed by atoms with van der Waals surface area (Å²) in [6.45, 7) is 4.89. The van der Waals surface area contributed by atoms with Crippen molar-refractivity contribution in [3.8, 4) is 0 Å². The fraction of sp³-hybridized carbons (Fsp3) is 0.538. The standard InChI is InChI=1S/C13H18ClNO/c1-10-11(6-7-16-10)8-15-9-12-4-2-3-5-13(12)14/h2-5,10-11,15H,6-9H2,1H3. The topological polar surface area (TPSA) is 21.3 Å². The lowest BCUT2D eigenvalue weighted by Crippen LogP contribution is -2.26. The molecule has 0 spiro atoms. The van der Waals surface area contributed by atoms with Gasteiger partial charge in [0.25, 0.3) is 0 Å². The van der Waals surface area contributed by atoms with Crippen molar-refractivity contribution in [1.29, 1.82) is 0 Å². The molecule has 0 amide bonds. The molecule has 2 rings (SSSR count). The highest BCUT2D eigenvalue weighted by Gasteiger charge is 2.23. The predicted molar refractivity (Wildman–Crippen MR) is 66.7 cm³/mol. The highest BCUT2D eigenvalue weighted by molar-refractivity contribution is 6.31. The zero-order valence-corrected chi connectivity index (χ0v) is 10.3. The third-order valence-corrected chi connectivity index (χ3v) is 3.58. The van der Waals surface area contributed by atoms with Gasteiger partial charge < -0.3 is 10.1 Å². The molecule has 16 heavy (non-hydrogen) atoms. The summed E-state index contributed by atoms with van der Waals surface area (Å²) in [5, 5.41) is 4.29. The maximum absolute atomic E-state index is 6.08. The number of hydrogen-bond acceptors (Lipinski definition) is 2. The van der Waals surface area contributed by atoms with Gasteiger partial charge in [-0.1, -0.05) is 29.8 Å². The van der Waals surface area contributed by atoms with Crippen molar-refractivity contribution in [3.05, 3.63) is 34.9 Å². The molecule has 2 atom stereocenters. The minimum atomic E-state index is 0.388. The van der Waals surface area contributed by atoms with Gasteiger partial charge >= 0.3 is 0 Å². The summed E-state index contributed by atoms with van der Waals surface area (Å²) in [6.07, 6.45) is 1.55. The van der Waals surface area contributed by atoms with Crippen LogP contribution in [-0.4, -0.2) is 19.3 Å². The number of benzene rings is 1. The largest absolute Gasteiger partial charge is 0.378 e. The average Bonchev–Trinajstić information content (AvgIpc) is 2.67. The summed E-state index contributed by atoms with van der Waals surface area (Å²) in [5.41, 5.74) is 1.16. The zero-order chi connectivity index (χ0) is 11.4. The second kappa shape index (κ2) is 5.67. The monoisotopic (exact) mass is 239 g/mol. The summed E-state index contributed by atoms with van der Waals surface area (Å²) in [7, 11) is 0. The van der Waals surface area contributed by atoms with Crippen molar-refractivity contribution in [2.45, 2.75) is 26.0 Å². The number of nitrogens with one attached hydrogen (secondary N) is 1. The molecule has 0 saturated carbocycles. The van der Waals surface area contributed by atoms with Gasteiger partial charge in [-0.25, -0.2) is 0 Å². The van der Waals surface area contributed by atoms with E-state index in [1.165, 1.54) is 0 Å². The second-order valence-electron chi connectivity index (χ2n) is 4.35. The first kappa shape index (κ1) is 11.9. The van der Waals surface area contributed by atoms with Crippen LogP contribution in [0.3, 0.4) is 0 Å². The Morgan fingerprint density at radius 2 is 2.25 bits per heavy atom. The van der Waals surface area contributed by atoms with Crippen LogP contribution < -0.4 is 5.32 Å². The molecular formula is C13H18ClNO. The molecule has 0 bridgehead atoms. The minimum Gasteiger partial charge on any atom is -0.378 e. The van der Waals surface area contributed by atoms with Gasteiger partial charge in [0.15, 0.2) is 0 Å². The molecule has 1 aliphatic heterocycles. The lowest BCUT2D eigenvalue weighted by molar-refractivity contribution is 0.105. The molecular weight excluding hydrogens is 222 g/mol. The van der Waals surface area contributed by atoms with Crippen LogP contribution in [0.2, 0.25) is 5.02 Å². The number of halogens is 1. The SMILES string of the molecule is CC1OCCC1CNCc1ccccc1Cl. The molecule has 0 aromatic heterocycles. The molecule has 88 valence electrons. The van der Waals surface area contributed by atoms with Gasteiger partial charge in [-0.2, -0.15) is 0 Å². The minimum absolute atomic E-state index is 0.388. The van der Waals surface area contributed by atoms with Crippen molar-refractivity contribution >= 4 is 11.6 Å². The van der Waals surface area contributed by atoms with Gasteiger partial charge in [-0.15, -0.1) is 0 Å². The smallest absolute Gasteiger partial charge is 0.0588 e. The number of hydrogen-bond donors (Lipinski definition) is 1. The lowest BCUT2D eigenvalue weighted by atomic mass is 10.0.